The van der Waals surface area contributed by atoms with Crippen molar-refractivity contribution in [1.82, 2.24) is 0 Å². The Morgan fingerprint density at radius 1 is 1.31 bits per heavy atom. The maximum atomic E-state index is 10.5. The topological polar surface area (TPSA) is 66.8 Å². The van der Waals surface area contributed by atoms with Crippen molar-refractivity contribution in [3.8, 4) is 5.75 Å². The first-order chi connectivity index (χ1) is 7.66. The number of hydrogen-bond donors (Lipinski definition) is 2. The lowest BCUT2D eigenvalue weighted by Crippen LogP contribution is -2.24. The van der Waals surface area contributed by atoms with E-state index in [1.165, 1.54) is 6.42 Å². The van der Waals surface area contributed by atoms with Gasteiger partial charge in [-0.2, -0.15) is 0 Å². The minimum absolute atomic E-state index is 0.301. The molecule has 1 unspecified atom stereocenters. The van der Waals surface area contributed by atoms with Crippen LogP contribution in [0.1, 0.15) is 30.9 Å². The Hall–Kier alpha value is -1.55. The third kappa shape index (κ3) is 2.33. The number of aliphatic hydroxyl groups is 1. The Kier molecular flexibility index (Phi) is 3.10. The first kappa shape index (κ1) is 11.0. The van der Waals surface area contributed by atoms with Gasteiger partial charge in [-0.15, -0.1) is 0 Å². The third-order valence-corrected chi connectivity index (χ3v) is 2.78. The van der Waals surface area contributed by atoms with E-state index in [1.54, 1.807) is 24.3 Å². The van der Waals surface area contributed by atoms with Crippen molar-refractivity contribution in [2.24, 2.45) is 0 Å². The molecule has 16 heavy (non-hydrogen) atoms. The van der Waals surface area contributed by atoms with Gasteiger partial charge in [0.1, 0.15) is 5.75 Å². The van der Waals surface area contributed by atoms with Crippen molar-refractivity contribution in [2.45, 2.75) is 31.5 Å². The van der Waals surface area contributed by atoms with Crippen molar-refractivity contribution < 1.29 is 19.7 Å². The first-order valence-corrected chi connectivity index (χ1v) is 5.34. The van der Waals surface area contributed by atoms with Crippen LogP contribution in [0.25, 0.3) is 0 Å². The Labute approximate surface area is 93.5 Å². The number of hydrogen-bond acceptors (Lipinski definition) is 3. The number of carboxylic acid groups (broad SMARTS) is 1. The number of aliphatic hydroxyl groups excluding tert-OH is 1. The van der Waals surface area contributed by atoms with Gasteiger partial charge in [-0.1, -0.05) is 12.1 Å². The molecule has 2 rings (SSSR count). The van der Waals surface area contributed by atoms with Gasteiger partial charge in [0.2, 0.25) is 0 Å². The van der Waals surface area contributed by atoms with E-state index in [9.17, 15) is 9.90 Å². The van der Waals surface area contributed by atoms with E-state index in [-0.39, 0.29) is 0 Å². The van der Waals surface area contributed by atoms with Crippen LogP contribution in [-0.2, 0) is 4.79 Å². The zero-order valence-corrected chi connectivity index (χ0v) is 8.80. The molecule has 2 N–H and O–H groups in total. The molecule has 1 atom stereocenters. The molecule has 1 fully saturated rings. The molecular formula is C12H14O4. The van der Waals surface area contributed by atoms with E-state index >= 15 is 0 Å². The van der Waals surface area contributed by atoms with Crippen molar-refractivity contribution in [1.29, 1.82) is 0 Å². The van der Waals surface area contributed by atoms with E-state index in [0.29, 0.717) is 11.7 Å². The summed E-state index contributed by atoms with van der Waals surface area (Å²) in [5.74, 6) is -0.515. The van der Waals surface area contributed by atoms with Crippen LogP contribution >= 0.6 is 0 Å². The van der Waals surface area contributed by atoms with Gasteiger partial charge >= 0.3 is 5.97 Å². The van der Waals surface area contributed by atoms with Gasteiger partial charge in [0.05, 0.1) is 6.10 Å². The number of benzene rings is 1. The summed E-state index contributed by atoms with van der Waals surface area (Å²) in [7, 11) is 0. The first-order valence-electron chi connectivity index (χ1n) is 5.34. The molecule has 0 saturated heterocycles. The van der Waals surface area contributed by atoms with Gasteiger partial charge in [0, 0.05) is 0 Å². The molecule has 1 saturated carbocycles. The van der Waals surface area contributed by atoms with Crippen molar-refractivity contribution in [3.63, 3.8) is 0 Å². The summed E-state index contributed by atoms with van der Waals surface area (Å²) in [6.45, 7) is 0. The lowest BCUT2D eigenvalue weighted by Gasteiger charge is -2.26. The minimum atomic E-state index is -1.46. The average Bonchev–Trinajstić information content (AvgIpc) is 2.23. The van der Waals surface area contributed by atoms with E-state index in [2.05, 4.69) is 0 Å². The fourth-order valence-electron chi connectivity index (χ4n) is 1.55. The van der Waals surface area contributed by atoms with Crippen LogP contribution in [0, 0.1) is 0 Å². The SMILES string of the molecule is O=C(O)C(O)c1ccc(OC2CCC2)cc1. The molecule has 4 heteroatoms. The van der Waals surface area contributed by atoms with Crippen LogP contribution in [0.4, 0.5) is 0 Å². The maximum Gasteiger partial charge on any atom is 0.337 e. The Morgan fingerprint density at radius 2 is 1.94 bits per heavy atom. The zero-order chi connectivity index (χ0) is 11.5. The van der Waals surface area contributed by atoms with Gasteiger partial charge < -0.3 is 14.9 Å². The molecule has 1 aromatic rings. The molecule has 0 aliphatic heterocycles. The van der Waals surface area contributed by atoms with Crippen LogP contribution in [0.5, 0.6) is 5.75 Å². The summed E-state index contributed by atoms with van der Waals surface area (Å²) in [4.78, 5) is 10.5. The second kappa shape index (κ2) is 4.53. The molecule has 0 spiro atoms. The largest absolute Gasteiger partial charge is 0.490 e. The molecule has 1 aliphatic rings. The summed E-state index contributed by atoms with van der Waals surface area (Å²) in [6.07, 6.45) is 2.22. The molecule has 0 radical (unpaired) electrons. The molecule has 0 aromatic heterocycles. The lowest BCUT2D eigenvalue weighted by molar-refractivity contribution is -0.146. The van der Waals surface area contributed by atoms with E-state index in [4.69, 9.17) is 9.84 Å². The summed E-state index contributed by atoms with van der Waals surface area (Å²) < 4.78 is 5.62. The quantitative estimate of drug-likeness (QED) is 0.814. The van der Waals surface area contributed by atoms with Gasteiger partial charge in [-0.05, 0) is 37.0 Å². The monoisotopic (exact) mass is 222 g/mol. The molecule has 1 aromatic carbocycles. The van der Waals surface area contributed by atoms with Crippen molar-refractivity contribution in [3.05, 3.63) is 29.8 Å². The fraction of sp³-hybridized carbons (Fsp3) is 0.417. The smallest absolute Gasteiger partial charge is 0.337 e. The minimum Gasteiger partial charge on any atom is -0.490 e. The molecule has 0 heterocycles. The van der Waals surface area contributed by atoms with Crippen LogP contribution in [-0.4, -0.2) is 22.3 Å². The summed E-state index contributed by atoms with van der Waals surface area (Å²) in [6, 6.07) is 6.54. The highest BCUT2D eigenvalue weighted by Gasteiger charge is 2.19. The van der Waals surface area contributed by atoms with Gasteiger partial charge in [-0.25, -0.2) is 4.79 Å². The number of carboxylic acids is 1. The van der Waals surface area contributed by atoms with Crippen molar-refractivity contribution >= 4 is 5.97 Å². The molecule has 4 nitrogen and oxygen atoms in total. The van der Waals surface area contributed by atoms with Crippen LogP contribution in [0.2, 0.25) is 0 Å². The second-order valence-electron chi connectivity index (χ2n) is 3.98. The lowest BCUT2D eigenvalue weighted by atomic mass is 9.96. The second-order valence-corrected chi connectivity index (χ2v) is 3.98. The van der Waals surface area contributed by atoms with Gasteiger partial charge in [0.25, 0.3) is 0 Å². The Balaban J connectivity index is 2.00. The summed E-state index contributed by atoms with van der Waals surface area (Å²) in [5, 5.41) is 17.9. The fourth-order valence-corrected chi connectivity index (χ4v) is 1.55. The highest BCUT2D eigenvalue weighted by atomic mass is 16.5. The van der Waals surface area contributed by atoms with E-state index < -0.39 is 12.1 Å². The Morgan fingerprint density at radius 3 is 2.38 bits per heavy atom. The third-order valence-electron chi connectivity index (χ3n) is 2.78. The van der Waals surface area contributed by atoms with Crippen LogP contribution in [0.15, 0.2) is 24.3 Å². The number of rotatable bonds is 4. The normalized spacial score (nSPS) is 17.6. The molecule has 86 valence electrons. The van der Waals surface area contributed by atoms with Crippen molar-refractivity contribution in [2.75, 3.05) is 0 Å². The highest BCUT2D eigenvalue weighted by molar-refractivity contribution is 5.74. The molecule has 0 amide bonds. The van der Waals surface area contributed by atoms with E-state index in [0.717, 1.165) is 18.6 Å². The molecule has 0 bridgehead atoms. The zero-order valence-electron chi connectivity index (χ0n) is 8.80. The molecular weight excluding hydrogens is 208 g/mol. The average molecular weight is 222 g/mol. The Bertz CT molecular complexity index is 367. The predicted octanol–water partition coefficient (Wildman–Crippen LogP) is 1.74. The molecule has 1 aliphatic carbocycles. The standard InChI is InChI=1S/C12H14O4/c13-11(12(14)15)8-4-6-10(7-5-8)16-9-2-1-3-9/h4-7,9,11,13H,1-3H2,(H,14,15). The van der Waals surface area contributed by atoms with E-state index in [1.807, 2.05) is 0 Å². The number of aliphatic carboxylic acids is 1. The number of ether oxygens (including phenoxy) is 1. The predicted molar refractivity (Wildman–Crippen MR) is 57.3 cm³/mol. The maximum absolute atomic E-state index is 10.5. The van der Waals surface area contributed by atoms with Gasteiger partial charge in [-0.3, -0.25) is 0 Å². The van der Waals surface area contributed by atoms with Crippen LogP contribution in [0.3, 0.4) is 0 Å². The van der Waals surface area contributed by atoms with Crippen LogP contribution < -0.4 is 4.74 Å². The van der Waals surface area contributed by atoms with Gasteiger partial charge in [0.15, 0.2) is 6.10 Å². The summed E-state index contributed by atoms with van der Waals surface area (Å²) >= 11 is 0. The summed E-state index contributed by atoms with van der Waals surface area (Å²) in [5.41, 5.74) is 0.369. The highest BCUT2D eigenvalue weighted by Crippen LogP contribution is 2.26. The number of carbonyl (C=O) groups is 1.